The van der Waals surface area contributed by atoms with Gasteiger partial charge in [0.1, 0.15) is 0 Å². The summed E-state index contributed by atoms with van der Waals surface area (Å²) < 4.78 is 11.4. The van der Waals surface area contributed by atoms with Gasteiger partial charge in [0.25, 0.3) is 0 Å². The molecule has 5 rings (SSSR count). The third-order valence-corrected chi connectivity index (χ3v) is 6.09. The van der Waals surface area contributed by atoms with Crippen molar-refractivity contribution < 1.29 is 24.0 Å². The molecule has 0 amide bonds. The van der Waals surface area contributed by atoms with Crippen LogP contribution in [0.4, 0.5) is 0 Å². The Labute approximate surface area is 131 Å². The number of ether oxygens (including phenoxy) is 2. The van der Waals surface area contributed by atoms with E-state index >= 15 is 0 Å². The molecule has 4 bridgehead atoms. The van der Waals surface area contributed by atoms with E-state index in [9.17, 15) is 4.79 Å². The molecular formula is C17H26O5. The molecule has 1 saturated heterocycles. The highest BCUT2D eigenvalue weighted by Crippen LogP contribution is 2.62. The number of carbonyl (C=O) groups excluding carboxylic acids is 1. The van der Waals surface area contributed by atoms with Gasteiger partial charge in [-0.15, -0.1) is 0 Å². The average Bonchev–Trinajstić information content (AvgIpc) is 2.83. The predicted octanol–water partition coefficient (Wildman–Crippen LogP) is 3.18. The van der Waals surface area contributed by atoms with Gasteiger partial charge in [-0.1, -0.05) is 0 Å². The van der Waals surface area contributed by atoms with Crippen LogP contribution in [0.15, 0.2) is 0 Å². The number of esters is 1. The Morgan fingerprint density at radius 1 is 1.09 bits per heavy atom. The first kappa shape index (κ1) is 14.9. The van der Waals surface area contributed by atoms with Crippen LogP contribution in [-0.4, -0.2) is 24.2 Å². The number of hydrogen-bond donors (Lipinski definition) is 0. The molecule has 5 heteroatoms. The van der Waals surface area contributed by atoms with Crippen LogP contribution in [0.1, 0.15) is 58.8 Å². The highest BCUT2D eigenvalue weighted by atomic mass is 17.3. The van der Waals surface area contributed by atoms with E-state index in [1.54, 1.807) is 0 Å². The van der Waals surface area contributed by atoms with Crippen molar-refractivity contribution in [1.82, 2.24) is 0 Å². The zero-order valence-electron chi connectivity index (χ0n) is 13.5. The molecule has 0 aromatic rings. The quantitative estimate of drug-likeness (QED) is 0.589. The number of carbonyl (C=O) groups is 1. The first-order valence-corrected chi connectivity index (χ1v) is 8.75. The molecule has 124 valence electrons. The Hall–Kier alpha value is -0.650. The molecular weight excluding hydrogens is 284 g/mol. The Morgan fingerprint density at radius 2 is 1.73 bits per heavy atom. The second kappa shape index (κ2) is 5.18. The maximum absolute atomic E-state index is 11.6. The monoisotopic (exact) mass is 310 g/mol. The minimum atomic E-state index is -0.831. The van der Waals surface area contributed by atoms with Gasteiger partial charge >= 0.3 is 5.97 Å². The third kappa shape index (κ3) is 2.29. The lowest BCUT2D eigenvalue weighted by Crippen LogP contribution is -2.59. The van der Waals surface area contributed by atoms with Crippen LogP contribution < -0.4 is 0 Å². The van der Waals surface area contributed by atoms with Gasteiger partial charge in [0.2, 0.25) is 11.6 Å². The van der Waals surface area contributed by atoms with Gasteiger partial charge in [-0.2, -0.15) is 9.78 Å². The Balaban J connectivity index is 1.44. The van der Waals surface area contributed by atoms with E-state index in [1.807, 2.05) is 13.8 Å². The Morgan fingerprint density at radius 3 is 2.32 bits per heavy atom. The minimum Gasteiger partial charge on any atom is -0.466 e. The lowest BCUT2D eigenvalue weighted by Gasteiger charge is -2.57. The average molecular weight is 310 g/mol. The summed E-state index contributed by atoms with van der Waals surface area (Å²) in [6.07, 6.45) is 6.96. The van der Waals surface area contributed by atoms with Gasteiger partial charge in [0, 0.05) is 18.3 Å². The molecule has 0 aromatic carbocycles. The molecule has 0 unspecified atom stereocenters. The zero-order chi connectivity index (χ0) is 15.4. The molecule has 1 spiro atoms. The van der Waals surface area contributed by atoms with Gasteiger partial charge in [-0.25, -0.2) is 0 Å². The summed E-state index contributed by atoms with van der Waals surface area (Å²) in [6.45, 7) is 4.10. The first-order chi connectivity index (χ1) is 10.5. The van der Waals surface area contributed by atoms with Crippen molar-refractivity contribution in [3.63, 3.8) is 0 Å². The molecule has 1 aliphatic heterocycles. The fourth-order valence-corrected chi connectivity index (χ4v) is 5.32. The van der Waals surface area contributed by atoms with Crippen LogP contribution in [-0.2, 0) is 24.0 Å². The molecule has 4 saturated carbocycles. The van der Waals surface area contributed by atoms with Gasteiger partial charge < -0.3 is 9.47 Å². The van der Waals surface area contributed by atoms with Crippen LogP contribution in [0, 0.1) is 23.7 Å². The third-order valence-electron chi connectivity index (χ3n) is 6.09. The van der Waals surface area contributed by atoms with Gasteiger partial charge in [-0.3, -0.25) is 4.79 Å². The Bertz CT molecular complexity index is 434. The molecule has 0 N–H and O–H groups in total. The highest BCUT2D eigenvalue weighted by Gasteiger charge is 2.65. The summed E-state index contributed by atoms with van der Waals surface area (Å²) in [4.78, 5) is 23.1. The van der Waals surface area contributed by atoms with E-state index in [4.69, 9.17) is 19.2 Å². The fourth-order valence-electron chi connectivity index (χ4n) is 5.32. The second-order valence-electron chi connectivity index (χ2n) is 7.73. The summed E-state index contributed by atoms with van der Waals surface area (Å²) in [5.41, 5.74) is 0. The van der Waals surface area contributed by atoms with Crippen molar-refractivity contribution in [2.24, 2.45) is 23.7 Å². The zero-order valence-corrected chi connectivity index (χ0v) is 13.5. The van der Waals surface area contributed by atoms with E-state index in [1.165, 1.54) is 32.1 Å². The van der Waals surface area contributed by atoms with Crippen molar-refractivity contribution >= 4 is 5.97 Å². The first-order valence-electron chi connectivity index (χ1n) is 8.75. The van der Waals surface area contributed by atoms with Crippen LogP contribution in [0.25, 0.3) is 0 Å². The Kier molecular flexibility index (Phi) is 3.51. The van der Waals surface area contributed by atoms with Crippen LogP contribution >= 0.6 is 0 Å². The van der Waals surface area contributed by atoms with Crippen molar-refractivity contribution in [2.75, 3.05) is 6.61 Å². The molecule has 5 fully saturated rings. The summed E-state index contributed by atoms with van der Waals surface area (Å²) >= 11 is 0. The van der Waals surface area contributed by atoms with E-state index in [2.05, 4.69) is 0 Å². The van der Waals surface area contributed by atoms with Crippen molar-refractivity contribution in [3.8, 4) is 0 Å². The molecule has 0 aromatic heterocycles. The molecule has 0 radical (unpaired) electrons. The molecule has 1 atom stereocenters. The van der Waals surface area contributed by atoms with Gasteiger partial charge in [0.15, 0.2) is 0 Å². The predicted molar refractivity (Wildman–Crippen MR) is 77.3 cm³/mol. The van der Waals surface area contributed by atoms with E-state index < -0.39 is 11.6 Å². The fraction of sp³-hybridized carbons (Fsp3) is 0.941. The van der Waals surface area contributed by atoms with Crippen molar-refractivity contribution in [1.29, 1.82) is 0 Å². The van der Waals surface area contributed by atoms with Gasteiger partial charge in [-0.05, 0) is 57.8 Å². The van der Waals surface area contributed by atoms with Crippen LogP contribution in [0.3, 0.4) is 0 Å². The number of rotatable bonds is 4. The molecule has 22 heavy (non-hydrogen) atoms. The lowest BCUT2D eigenvalue weighted by atomic mass is 9.53. The highest BCUT2D eigenvalue weighted by molar-refractivity contribution is 5.69. The summed E-state index contributed by atoms with van der Waals surface area (Å²) in [7, 11) is 0. The van der Waals surface area contributed by atoms with E-state index in [0.29, 0.717) is 31.3 Å². The topological polar surface area (TPSA) is 54.0 Å². The SMILES string of the molecule is CCOC(=O)CC[C@@]1(C)OOC2(O1)C1CC3CC(C1)CC2C3. The maximum Gasteiger partial charge on any atom is 0.305 e. The normalized spacial score (nSPS) is 49.0. The van der Waals surface area contributed by atoms with Crippen molar-refractivity contribution in [2.45, 2.75) is 70.4 Å². The summed E-state index contributed by atoms with van der Waals surface area (Å²) in [5, 5.41) is 0. The smallest absolute Gasteiger partial charge is 0.305 e. The second-order valence-corrected chi connectivity index (χ2v) is 7.73. The van der Waals surface area contributed by atoms with E-state index in [-0.39, 0.29) is 5.97 Å². The minimum absolute atomic E-state index is 0.207. The summed E-state index contributed by atoms with van der Waals surface area (Å²) in [6, 6.07) is 0. The van der Waals surface area contributed by atoms with Crippen molar-refractivity contribution in [3.05, 3.63) is 0 Å². The number of hydrogen-bond acceptors (Lipinski definition) is 5. The standard InChI is InChI=1S/C17H26O5/c1-3-19-15(18)4-5-16(2)20-17(22-21-16)13-7-11-6-12(9-13)10-14(17)8-11/h11-14H,3-10H2,1-2H3/t11?,12?,13?,14?,16-,17?/m1/s1. The maximum atomic E-state index is 11.6. The molecule has 1 heterocycles. The molecule has 5 aliphatic rings. The van der Waals surface area contributed by atoms with Crippen LogP contribution in [0.5, 0.6) is 0 Å². The van der Waals surface area contributed by atoms with E-state index in [0.717, 1.165) is 11.8 Å². The molecule has 4 aliphatic carbocycles. The summed E-state index contributed by atoms with van der Waals surface area (Å²) in [5.74, 6) is 1.01. The van der Waals surface area contributed by atoms with Gasteiger partial charge in [0.05, 0.1) is 13.0 Å². The molecule has 5 nitrogen and oxygen atoms in total. The van der Waals surface area contributed by atoms with Crippen LogP contribution in [0.2, 0.25) is 0 Å². The lowest BCUT2D eigenvalue weighted by molar-refractivity contribution is -0.388. The largest absolute Gasteiger partial charge is 0.466 e.